The average molecular weight is 1890 g/mol. The Kier molecular flexibility index (Phi) is 20.8. The zero-order valence-corrected chi connectivity index (χ0v) is 79.7. The van der Waals surface area contributed by atoms with E-state index in [4.69, 9.17) is 49.8 Å². The van der Waals surface area contributed by atoms with Crippen molar-refractivity contribution in [1.29, 1.82) is 0 Å². The van der Waals surface area contributed by atoms with Gasteiger partial charge in [-0.25, -0.2) is 19.9 Å². The van der Waals surface area contributed by atoms with Crippen LogP contribution in [0.5, 0.6) is 0 Å². The molecule has 692 valence electrons. The standard InChI is InChI=1S/C49H31N5.C45H29N5.C38H24N6/c1-4-17-33(18-5-1)47-50-48(34-19-6-2-7-20-34)52-49(51-47)54-43-27-15-13-25-39(43)44-40(36-29-28-32-16-10-11-21-35(32)30-36)31-41-38-24-12-14-26-42(38)53(45(41)46(44)54)37-22-8-3-9-23-37;1-5-17-30(18-6-1)36-29-37-34-25-13-15-27-38(34)49(33-23-11-4-12-24-33)41(37)42-40(36)35-26-14-16-28-39(35)50(42)45-47-43(31-19-7-2-8-20-31)46-44(48-45)32-21-9-3-10-22-32;1-3-13-25(14-4-1)36-40-37(26-15-5-2-6-16-26)42-38(41-36)44-32-20-10-8-18-28(32)30-23-22-29-27-17-7-9-19-31(27)43(34(29)35(30)44)33-21-11-12-24-39-33/h1-31H;1-29H;1-24H. The number of rotatable bonds is 14. The van der Waals surface area contributed by atoms with E-state index < -0.39 is 0 Å². The molecule has 0 fully saturated rings. The van der Waals surface area contributed by atoms with Crippen LogP contribution in [0.15, 0.2) is 510 Å². The van der Waals surface area contributed by atoms with Crippen molar-refractivity contribution in [3.05, 3.63) is 510 Å². The Hall–Kier alpha value is -20.4. The number of hydrogen-bond donors (Lipinski definition) is 0. The molecule has 0 aliphatic carbocycles. The molecule has 0 unspecified atom stereocenters. The van der Waals surface area contributed by atoms with Crippen molar-refractivity contribution in [2.75, 3.05) is 0 Å². The summed E-state index contributed by atoms with van der Waals surface area (Å²) in [5.74, 6) is 6.29. The van der Waals surface area contributed by atoms with Crippen molar-refractivity contribution in [3.63, 3.8) is 0 Å². The summed E-state index contributed by atoms with van der Waals surface area (Å²) < 4.78 is 13.8. The number of benzene rings is 20. The Bertz CT molecular complexity index is 10200. The van der Waals surface area contributed by atoms with E-state index in [0.29, 0.717) is 52.8 Å². The molecule has 10 heterocycles. The van der Waals surface area contributed by atoms with Gasteiger partial charge in [0.1, 0.15) is 5.82 Å². The summed E-state index contributed by atoms with van der Waals surface area (Å²) in [5.41, 5.74) is 25.2. The molecule has 20 aromatic carbocycles. The molecule has 0 saturated carbocycles. The van der Waals surface area contributed by atoms with Crippen molar-refractivity contribution in [3.8, 4) is 126 Å². The quantitative estimate of drug-likeness (QED) is 0.103. The monoisotopic (exact) mass is 1890 g/mol. The molecule has 0 N–H and O–H groups in total. The molecular formula is C132H84N16. The van der Waals surface area contributed by atoms with Gasteiger partial charge < -0.3 is 9.13 Å². The molecule has 0 atom stereocenters. The van der Waals surface area contributed by atoms with Crippen LogP contribution in [-0.4, -0.2) is 77.2 Å². The molecule has 0 aliphatic rings. The zero-order chi connectivity index (χ0) is 97.6. The van der Waals surface area contributed by atoms with Crippen molar-refractivity contribution >= 4 is 142 Å². The van der Waals surface area contributed by atoms with Crippen LogP contribution in [0.3, 0.4) is 0 Å². The summed E-state index contributed by atoms with van der Waals surface area (Å²) in [7, 11) is 0. The molecule has 30 aromatic rings. The average Bonchev–Trinajstić information content (AvgIpc) is 1.53. The van der Waals surface area contributed by atoms with Crippen LogP contribution in [0.2, 0.25) is 0 Å². The van der Waals surface area contributed by atoms with Gasteiger partial charge in [0.05, 0.1) is 66.2 Å². The Morgan fingerprint density at radius 1 is 0.149 bits per heavy atom. The third-order valence-corrected chi connectivity index (χ3v) is 28.3. The molecule has 10 aromatic heterocycles. The van der Waals surface area contributed by atoms with Crippen LogP contribution >= 0.6 is 0 Å². The first-order valence-corrected chi connectivity index (χ1v) is 49.6. The smallest absolute Gasteiger partial charge is 0.238 e. The van der Waals surface area contributed by atoms with Gasteiger partial charge in [0.2, 0.25) is 17.8 Å². The van der Waals surface area contributed by atoms with Gasteiger partial charge in [-0.3, -0.25) is 18.3 Å². The van der Waals surface area contributed by atoms with E-state index in [2.05, 4.69) is 385 Å². The SMILES string of the molecule is c1ccc(-c2nc(-c3ccccc3)nc(-n3c4ccccc4c4c(-c5ccc6ccccc6c5)cc5c6ccccc6n(-c6ccccc6)c5c43)n2)cc1.c1ccc(-c2nc(-c3ccccc3)nc(-n3c4ccccc4c4c(-c5ccccc5)cc5c6ccccc6n(-c6ccccc6)c5c43)n2)cc1.c1ccc(-c2nc(-c3ccccc3)nc(-n3c4ccccc4c4ccc5c6ccccc6n(-c6ccccn6)c5c43)n2)cc1. The van der Waals surface area contributed by atoms with Crippen LogP contribution in [0, 0.1) is 0 Å². The summed E-state index contributed by atoms with van der Waals surface area (Å²) in [5, 5.41) is 16.2. The number of aromatic nitrogens is 16. The third kappa shape index (κ3) is 14.5. The lowest BCUT2D eigenvalue weighted by Gasteiger charge is -2.14. The molecule has 0 spiro atoms. The molecule has 30 rings (SSSR count). The minimum atomic E-state index is 0.564. The lowest BCUT2D eigenvalue weighted by atomic mass is 9.95. The van der Waals surface area contributed by atoms with E-state index in [1.54, 1.807) is 0 Å². The molecule has 16 heteroatoms. The molecular weight excluding hydrogens is 1810 g/mol. The van der Waals surface area contributed by atoms with Crippen molar-refractivity contribution in [2.24, 2.45) is 0 Å². The number of hydrogen-bond acceptors (Lipinski definition) is 10. The van der Waals surface area contributed by atoms with Gasteiger partial charge in [-0.2, -0.15) is 29.9 Å². The van der Waals surface area contributed by atoms with Gasteiger partial charge in [0, 0.05) is 116 Å². The second-order valence-corrected chi connectivity index (χ2v) is 36.9. The topological polar surface area (TPSA) is 158 Å². The Morgan fingerprint density at radius 2 is 0.412 bits per heavy atom. The number of pyridine rings is 1. The molecule has 16 nitrogen and oxygen atoms in total. The van der Waals surface area contributed by atoms with E-state index in [9.17, 15) is 0 Å². The highest BCUT2D eigenvalue weighted by molar-refractivity contribution is 6.31. The first kappa shape index (κ1) is 85.6. The van der Waals surface area contributed by atoms with Gasteiger partial charge in [-0.15, -0.1) is 0 Å². The summed E-state index contributed by atoms with van der Waals surface area (Å²) in [6.45, 7) is 0. The maximum atomic E-state index is 5.31. The second-order valence-electron chi connectivity index (χ2n) is 36.9. The maximum absolute atomic E-state index is 5.31. The molecule has 148 heavy (non-hydrogen) atoms. The summed E-state index contributed by atoms with van der Waals surface area (Å²) in [4.78, 5) is 51.3. The first-order chi connectivity index (χ1) is 73.5. The Labute approximate surface area is 848 Å². The van der Waals surface area contributed by atoms with Crippen molar-refractivity contribution in [1.82, 2.24) is 77.2 Å². The summed E-state index contributed by atoms with van der Waals surface area (Å²) >= 11 is 0. The van der Waals surface area contributed by atoms with Crippen LogP contribution in [0.25, 0.3) is 267 Å². The number of fused-ring (bicyclic) bond motifs is 22. The third-order valence-electron chi connectivity index (χ3n) is 28.3. The fourth-order valence-corrected chi connectivity index (χ4v) is 21.9. The minimum absolute atomic E-state index is 0.564. The Morgan fingerprint density at radius 3 is 0.770 bits per heavy atom. The predicted molar refractivity (Wildman–Crippen MR) is 604 cm³/mol. The van der Waals surface area contributed by atoms with Gasteiger partial charge >= 0.3 is 0 Å². The van der Waals surface area contributed by atoms with Gasteiger partial charge in [0.15, 0.2) is 34.9 Å². The van der Waals surface area contributed by atoms with E-state index in [0.717, 1.165) is 182 Å². The largest absolute Gasteiger partial charge is 0.307 e. The fourth-order valence-electron chi connectivity index (χ4n) is 21.9. The second kappa shape index (κ2) is 36.0. The van der Waals surface area contributed by atoms with Crippen LogP contribution in [0.1, 0.15) is 0 Å². The molecule has 0 radical (unpaired) electrons. The molecule has 0 aliphatic heterocycles. The van der Waals surface area contributed by atoms with Gasteiger partial charge in [-0.1, -0.05) is 413 Å². The summed E-state index contributed by atoms with van der Waals surface area (Å²) in [6.07, 6.45) is 1.84. The highest BCUT2D eigenvalue weighted by Crippen LogP contribution is 2.51. The van der Waals surface area contributed by atoms with Gasteiger partial charge in [0.25, 0.3) is 0 Å². The molecule has 0 saturated heterocycles. The first-order valence-electron chi connectivity index (χ1n) is 49.6. The van der Waals surface area contributed by atoms with E-state index in [-0.39, 0.29) is 0 Å². The van der Waals surface area contributed by atoms with Crippen LogP contribution in [-0.2, 0) is 0 Å². The van der Waals surface area contributed by atoms with Crippen LogP contribution < -0.4 is 0 Å². The lowest BCUT2D eigenvalue weighted by Crippen LogP contribution is -2.07. The molecule has 0 amide bonds. The van der Waals surface area contributed by atoms with Crippen LogP contribution in [0.4, 0.5) is 0 Å². The number of nitrogens with zero attached hydrogens (tertiary/aromatic N) is 16. The maximum Gasteiger partial charge on any atom is 0.238 e. The number of para-hydroxylation sites is 8. The van der Waals surface area contributed by atoms with E-state index in [1.165, 1.54) is 32.5 Å². The Balaban J connectivity index is 0.000000108. The fraction of sp³-hybridized carbons (Fsp3) is 0. The lowest BCUT2D eigenvalue weighted by molar-refractivity contribution is 0.952. The highest BCUT2D eigenvalue weighted by Gasteiger charge is 2.32. The van der Waals surface area contributed by atoms with Gasteiger partial charge in [-0.05, 0) is 124 Å². The van der Waals surface area contributed by atoms with E-state index in [1.807, 2.05) is 152 Å². The molecule has 0 bridgehead atoms. The zero-order valence-electron chi connectivity index (χ0n) is 79.7. The minimum Gasteiger partial charge on any atom is -0.307 e. The van der Waals surface area contributed by atoms with Crippen molar-refractivity contribution in [2.45, 2.75) is 0 Å². The summed E-state index contributed by atoms with van der Waals surface area (Å²) in [6, 6.07) is 175. The highest BCUT2D eigenvalue weighted by atomic mass is 15.2. The normalized spacial score (nSPS) is 11.6. The predicted octanol–water partition coefficient (Wildman–Crippen LogP) is 32.1. The van der Waals surface area contributed by atoms with E-state index >= 15 is 0 Å². The van der Waals surface area contributed by atoms with Crippen molar-refractivity contribution < 1.29 is 0 Å².